The third-order valence-electron chi connectivity index (χ3n) is 1.40. The van der Waals surface area contributed by atoms with Crippen LogP contribution in [0.1, 0.15) is 5.56 Å². The number of nitrogens with zero attached hydrogens (tertiary/aromatic N) is 2. The summed E-state index contributed by atoms with van der Waals surface area (Å²) in [6, 6.07) is 3.60. The van der Waals surface area contributed by atoms with Gasteiger partial charge in [-0.2, -0.15) is 4.39 Å². The van der Waals surface area contributed by atoms with Crippen molar-refractivity contribution in [3.8, 4) is 0 Å². The van der Waals surface area contributed by atoms with Gasteiger partial charge in [-0.25, -0.2) is 0 Å². The van der Waals surface area contributed by atoms with Gasteiger partial charge in [0.15, 0.2) is 0 Å². The Morgan fingerprint density at radius 3 is 2.85 bits per heavy atom. The molecule has 0 heterocycles. The van der Waals surface area contributed by atoms with Gasteiger partial charge < -0.3 is 5.21 Å². The van der Waals surface area contributed by atoms with Gasteiger partial charge in [-0.3, -0.25) is 10.1 Å². The number of nitro benzene ring substituents is 1. The molecule has 0 saturated heterocycles. The second-order valence-electron chi connectivity index (χ2n) is 2.18. The summed E-state index contributed by atoms with van der Waals surface area (Å²) >= 11 is 0. The van der Waals surface area contributed by atoms with Crippen LogP contribution in [-0.4, -0.2) is 16.3 Å². The van der Waals surface area contributed by atoms with E-state index in [-0.39, 0.29) is 5.56 Å². The quantitative estimate of drug-likeness (QED) is 0.328. The van der Waals surface area contributed by atoms with Crippen molar-refractivity contribution in [3.63, 3.8) is 0 Å². The number of hydrogen-bond donors (Lipinski definition) is 1. The molecule has 13 heavy (non-hydrogen) atoms. The molecular weight excluding hydrogens is 179 g/mol. The van der Waals surface area contributed by atoms with Crippen molar-refractivity contribution in [1.29, 1.82) is 0 Å². The van der Waals surface area contributed by atoms with Crippen LogP contribution in [-0.2, 0) is 0 Å². The van der Waals surface area contributed by atoms with Crippen LogP contribution >= 0.6 is 0 Å². The summed E-state index contributed by atoms with van der Waals surface area (Å²) in [5.41, 5.74) is -0.769. The molecule has 5 nitrogen and oxygen atoms in total. The van der Waals surface area contributed by atoms with E-state index >= 15 is 0 Å². The average Bonchev–Trinajstić information content (AvgIpc) is 2.08. The Morgan fingerprint density at radius 2 is 2.31 bits per heavy atom. The van der Waals surface area contributed by atoms with Crippen molar-refractivity contribution in [2.45, 2.75) is 0 Å². The number of oxime groups is 1. The summed E-state index contributed by atoms with van der Waals surface area (Å²) in [5.74, 6) is -1.01. The molecule has 0 aromatic heterocycles. The van der Waals surface area contributed by atoms with Crippen LogP contribution in [0.3, 0.4) is 0 Å². The van der Waals surface area contributed by atoms with Crippen molar-refractivity contribution in [2.24, 2.45) is 5.16 Å². The highest BCUT2D eigenvalue weighted by atomic mass is 19.1. The number of benzene rings is 1. The van der Waals surface area contributed by atoms with E-state index < -0.39 is 16.4 Å². The third kappa shape index (κ3) is 1.78. The van der Waals surface area contributed by atoms with Gasteiger partial charge in [0, 0.05) is 11.6 Å². The molecule has 6 heteroatoms. The lowest BCUT2D eigenvalue weighted by Crippen LogP contribution is -1.96. The Bertz CT molecular complexity index is 365. The minimum atomic E-state index is -1.01. The van der Waals surface area contributed by atoms with Crippen LogP contribution in [0.2, 0.25) is 0 Å². The van der Waals surface area contributed by atoms with E-state index in [9.17, 15) is 14.5 Å². The molecule has 0 fully saturated rings. The summed E-state index contributed by atoms with van der Waals surface area (Å²) in [7, 11) is 0. The first-order valence-corrected chi connectivity index (χ1v) is 3.27. The van der Waals surface area contributed by atoms with Gasteiger partial charge in [-0.15, -0.1) is 0 Å². The van der Waals surface area contributed by atoms with Crippen LogP contribution in [0.25, 0.3) is 0 Å². The maximum atomic E-state index is 13.1. The molecular formula is C7H5FN2O3. The fraction of sp³-hybridized carbons (Fsp3) is 0. The highest BCUT2D eigenvalue weighted by Gasteiger charge is 2.15. The molecule has 0 atom stereocenters. The monoisotopic (exact) mass is 184 g/mol. The summed E-state index contributed by atoms with van der Waals surface area (Å²) in [6.07, 6.45) is 0.794. The first-order valence-electron chi connectivity index (χ1n) is 3.27. The standard InChI is InChI=1S/C7H5FN2O3/c8-7-5(4-9-11)2-1-3-6(7)10(12)13/h1-4,11H/b9-4-. The fourth-order valence-electron chi connectivity index (χ4n) is 0.840. The van der Waals surface area contributed by atoms with E-state index in [1.807, 2.05) is 0 Å². The Labute approximate surface area is 72.3 Å². The largest absolute Gasteiger partial charge is 0.411 e. The zero-order valence-electron chi connectivity index (χ0n) is 6.35. The van der Waals surface area contributed by atoms with Gasteiger partial charge in [0.25, 0.3) is 0 Å². The molecule has 0 bridgehead atoms. The van der Waals surface area contributed by atoms with Crippen LogP contribution in [0, 0.1) is 15.9 Å². The Morgan fingerprint density at radius 1 is 1.62 bits per heavy atom. The smallest absolute Gasteiger partial charge is 0.305 e. The minimum Gasteiger partial charge on any atom is -0.411 e. The van der Waals surface area contributed by atoms with Crippen LogP contribution < -0.4 is 0 Å². The second kappa shape index (κ2) is 3.61. The van der Waals surface area contributed by atoms with Gasteiger partial charge in [0.2, 0.25) is 5.82 Å². The minimum absolute atomic E-state index is 0.128. The highest BCUT2D eigenvalue weighted by molar-refractivity contribution is 5.80. The van der Waals surface area contributed by atoms with E-state index in [0.29, 0.717) is 0 Å². The fourth-order valence-corrected chi connectivity index (χ4v) is 0.840. The van der Waals surface area contributed by atoms with Crippen molar-refractivity contribution in [1.82, 2.24) is 0 Å². The Balaban J connectivity index is 3.26. The number of halogens is 1. The molecule has 68 valence electrons. The predicted molar refractivity (Wildman–Crippen MR) is 42.4 cm³/mol. The van der Waals surface area contributed by atoms with Gasteiger partial charge in [-0.1, -0.05) is 11.2 Å². The molecule has 0 amide bonds. The molecule has 0 unspecified atom stereocenters. The zero-order valence-corrected chi connectivity index (χ0v) is 6.35. The summed E-state index contributed by atoms with van der Waals surface area (Å²) in [5, 5.41) is 20.9. The Hall–Kier alpha value is -1.98. The normalized spacial score (nSPS) is 10.5. The lowest BCUT2D eigenvalue weighted by Gasteiger charge is -1.95. The van der Waals surface area contributed by atoms with Gasteiger partial charge in [-0.05, 0) is 6.07 Å². The van der Waals surface area contributed by atoms with Crippen LogP contribution in [0.4, 0.5) is 10.1 Å². The maximum Gasteiger partial charge on any atom is 0.305 e. The van der Waals surface area contributed by atoms with Gasteiger partial charge in [0.1, 0.15) is 0 Å². The van der Waals surface area contributed by atoms with Crippen LogP contribution in [0.5, 0.6) is 0 Å². The second-order valence-corrected chi connectivity index (χ2v) is 2.18. The highest BCUT2D eigenvalue weighted by Crippen LogP contribution is 2.18. The first-order chi connectivity index (χ1) is 6.16. The molecule has 1 rings (SSSR count). The summed E-state index contributed by atoms with van der Waals surface area (Å²) in [4.78, 5) is 9.39. The van der Waals surface area contributed by atoms with E-state index in [1.54, 1.807) is 0 Å². The molecule has 1 N–H and O–H groups in total. The molecule has 0 saturated carbocycles. The maximum absolute atomic E-state index is 13.1. The average molecular weight is 184 g/mol. The van der Waals surface area contributed by atoms with E-state index in [0.717, 1.165) is 12.3 Å². The molecule has 0 radical (unpaired) electrons. The van der Waals surface area contributed by atoms with E-state index in [2.05, 4.69) is 5.16 Å². The van der Waals surface area contributed by atoms with Gasteiger partial charge >= 0.3 is 5.69 Å². The lowest BCUT2D eigenvalue weighted by molar-refractivity contribution is -0.387. The molecule has 0 aliphatic rings. The van der Waals surface area contributed by atoms with Crippen molar-refractivity contribution >= 4 is 11.9 Å². The molecule has 1 aromatic rings. The van der Waals surface area contributed by atoms with Crippen LogP contribution in [0.15, 0.2) is 23.4 Å². The summed E-state index contributed by atoms with van der Waals surface area (Å²) in [6.45, 7) is 0. The molecule has 1 aromatic carbocycles. The SMILES string of the molecule is O=[N+]([O-])c1cccc(/C=N\O)c1F. The van der Waals surface area contributed by atoms with Crippen molar-refractivity contribution in [3.05, 3.63) is 39.7 Å². The predicted octanol–water partition coefficient (Wildman–Crippen LogP) is 1.54. The number of rotatable bonds is 2. The Kier molecular flexibility index (Phi) is 2.53. The number of hydrogen-bond acceptors (Lipinski definition) is 4. The molecule has 0 aliphatic carbocycles. The van der Waals surface area contributed by atoms with E-state index in [4.69, 9.17) is 5.21 Å². The lowest BCUT2D eigenvalue weighted by atomic mass is 10.2. The van der Waals surface area contributed by atoms with Gasteiger partial charge in [0.05, 0.1) is 11.1 Å². The van der Waals surface area contributed by atoms with E-state index in [1.165, 1.54) is 12.1 Å². The molecule has 0 spiro atoms. The first kappa shape index (κ1) is 9.11. The van der Waals surface area contributed by atoms with Crippen molar-refractivity contribution < 1.29 is 14.5 Å². The topological polar surface area (TPSA) is 75.7 Å². The summed E-state index contributed by atoms with van der Waals surface area (Å²) < 4.78 is 13.1. The number of nitro groups is 1. The zero-order chi connectivity index (χ0) is 9.84. The third-order valence-corrected chi connectivity index (χ3v) is 1.40. The molecule has 0 aliphatic heterocycles. The van der Waals surface area contributed by atoms with Crippen molar-refractivity contribution in [2.75, 3.05) is 0 Å².